The Balaban J connectivity index is 1.90. The fourth-order valence-electron chi connectivity index (χ4n) is 2.24. The van der Waals surface area contributed by atoms with Crippen LogP contribution < -0.4 is 9.64 Å². The molecule has 1 saturated heterocycles. The van der Waals surface area contributed by atoms with Crippen molar-refractivity contribution in [1.29, 1.82) is 0 Å². The lowest BCUT2D eigenvalue weighted by Crippen LogP contribution is -2.49. The quantitative estimate of drug-likeness (QED) is 0.826. The van der Waals surface area contributed by atoms with E-state index in [4.69, 9.17) is 4.74 Å². The largest absolute Gasteiger partial charge is 0.495 e. The summed E-state index contributed by atoms with van der Waals surface area (Å²) in [5, 5.41) is 0. The molecular formula is C14H21N3O2. The molecule has 104 valence electrons. The minimum atomic E-state index is 0.268. The number of amides is 1. The van der Waals surface area contributed by atoms with Gasteiger partial charge < -0.3 is 14.5 Å². The van der Waals surface area contributed by atoms with Gasteiger partial charge in [0, 0.05) is 32.6 Å². The van der Waals surface area contributed by atoms with Crippen LogP contribution in [0.25, 0.3) is 0 Å². The van der Waals surface area contributed by atoms with Crippen molar-refractivity contribution in [2.24, 2.45) is 0 Å². The van der Waals surface area contributed by atoms with Gasteiger partial charge in [-0.1, -0.05) is 6.92 Å². The van der Waals surface area contributed by atoms with E-state index < -0.39 is 0 Å². The minimum absolute atomic E-state index is 0.268. The maximum atomic E-state index is 11.8. The molecule has 19 heavy (non-hydrogen) atoms. The lowest BCUT2D eigenvalue weighted by molar-refractivity contribution is -0.131. The van der Waals surface area contributed by atoms with Gasteiger partial charge in [-0.2, -0.15) is 0 Å². The number of carbonyl (C=O) groups is 1. The minimum Gasteiger partial charge on any atom is -0.495 e. The van der Waals surface area contributed by atoms with Crippen LogP contribution in [0, 0.1) is 0 Å². The molecule has 0 bridgehead atoms. The zero-order valence-electron chi connectivity index (χ0n) is 11.6. The number of hydrogen-bond acceptors (Lipinski definition) is 4. The molecule has 0 atom stereocenters. The fraction of sp³-hybridized carbons (Fsp3) is 0.571. The molecule has 0 N–H and O–H groups in total. The van der Waals surface area contributed by atoms with Crippen LogP contribution in [0.3, 0.4) is 0 Å². The van der Waals surface area contributed by atoms with Crippen LogP contribution in [0.1, 0.15) is 19.8 Å². The average molecular weight is 263 g/mol. The Morgan fingerprint density at radius 3 is 2.58 bits per heavy atom. The molecule has 2 rings (SSSR count). The first-order chi connectivity index (χ1) is 9.24. The summed E-state index contributed by atoms with van der Waals surface area (Å²) >= 11 is 0. The molecule has 0 aromatic carbocycles. The second-order valence-corrected chi connectivity index (χ2v) is 4.67. The molecule has 0 radical (unpaired) electrons. The van der Waals surface area contributed by atoms with Gasteiger partial charge in [0.1, 0.15) is 11.6 Å². The highest BCUT2D eigenvalue weighted by Crippen LogP contribution is 2.17. The third-order valence-corrected chi connectivity index (χ3v) is 3.38. The van der Waals surface area contributed by atoms with E-state index in [-0.39, 0.29) is 5.91 Å². The lowest BCUT2D eigenvalue weighted by Gasteiger charge is -2.35. The van der Waals surface area contributed by atoms with E-state index in [1.165, 1.54) is 0 Å². The Labute approximate surface area is 114 Å². The van der Waals surface area contributed by atoms with Crippen LogP contribution >= 0.6 is 0 Å². The van der Waals surface area contributed by atoms with Gasteiger partial charge in [-0.15, -0.1) is 0 Å². The molecule has 1 amide bonds. The van der Waals surface area contributed by atoms with Crippen LogP contribution in [0.5, 0.6) is 5.75 Å². The van der Waals surface area contributed by atoms with Gasteiger partial charge in [0.05, 0.1) is 13.3 Å². The summed E-state index contributed by atoms with van der Waals surface area (Å²) in [6.45, 7) is 5.29. The molecule has 5 nitrogen and oxygen atoms in total. The van der Waals surface area contributed by atoms with Crippen molar-refractivity contribution < 1.29 is 9.53 Å². The molecule has 1 aromatic heterocycles. The molecule has 1 aromatic rings. The van der Waals surface area contributed by atoms with E-state index >= 15 is 0 Å². The molecule has 0 saturated carbocycles. The maximum Gasteiger partial charge on any atom is 0.222 e. The first-order valence-electron chi connectivity index (χ1n) is 6.77. The number of piperazine rings is 1. The number of carbonyl (C=O) groups excluding carboxylic acids is 1. The van der Waals surface area contributed by atoms with Crippen LogP contribution in [0.2, 0.25) is 0 Å². The Morgan fingerprint density at radius 2 is 2.05 bits per heavy atom. The van der Waals surface area contributed by atoms with Gasteiger partial charge in [-0.3, -0.25) is 4.79 Å². The van der Waals surface area contributed by atoms with E-state index in [1.807, 2.05) is 24.0 Å². The summed E-state index contributed by atoms with van der Waals surface area (Å²) in [4.78, 5) is 20.3. The van der Waals surface area contributed by atoms with Gasteiger partial charge in [0.15, 0.2) is 0 Å². The Kier molecular flexibility index (Phi) is 4.60. The van der Waals surface area contributed by atoms with Crippen molar-refractivity contribution in [2.75, 3.05) is 38.2 Å². The smallest absolute Gasteiger partial charge is 0.222 e. The van der Waals surface area contributed by atoms with E-state index in [9.17, 15) is 4.79 Å². The van der Waals surface area contributed by atoms with Gasteiger partial charge in [-0.05, 0) is 18.6 Å². The number of hydrogen-bond donors (Lipinski definition) is 0. The number of nitrogens with zero attached hydrogens (tertiary/aromatic N) is 3. The molecule has 0 spiro atoms. The number of methoxy groups -OCH3 is 1. The Bertz CT molecular complexity index is 411. The number of anilines is 1. The summed E-state index contributed by atoms with van der Waals surface area (Å²) in [5.74, 6) is 1.98. The molecule has 1 fully saturated rings. The Morgan fingerprint density at radius 1 is 1.32 bits per heavy atom. The highest BCUT2D eigenvalue weighted by atomic mass is 16.5. The third-order valence-electron chi connectivity index (χ3n) is 3.38. The first kappa shape index (κ1) is 13.6. The highest BCUT2D eigenvalue weighted by molar-refractivity contribution is 5.76. The summed E-state index contributed by atoms with van der Waals surface area (Å²) in [5.41, 5.74) is 0. The number of rotatable bonds is 4. The predicted octanol–water partition coefficient (Wildman–Crippen LogP) is 1.54. The number of pyridine rings is 1. The maximum absolute atomic E-state index is 11.8. The Hall–Kier alpha value is -1.78. The van der Waals surface area contributed by atoms with Crippen LogP contribution in [0.15, 0.2) is 18.3 Å². The standard InChI is InChI=1S/C14H21N3O2/c1-3-4-14(18)17-9-7-16(8-10-17)13-6-5-12(19-2)11-15-13/h5-6,11H,3-4,7-10H2,1-2H3. The van der Waals surface area contributed by atoms with Crippen LogP contribution in [-0.2, 0) is 4.79 Å². The predicted molar refractivity (Wildman–Crippen MR) is 74.5 cm³/mol. The van der Waals surface area contributed by atoms with E-state index in [2.05, 4.69) is 9.88 Å². The summed E-state index contributed by atoms with van der Waals surface area (Å²) in [6, 6.07) is 3.87. The SMILES string of the molecule is CCCC(=O)N1CCN(c2ccc(OC)cn2)CC1. The van der Waals surface area contributed by atoms with E-state index in [1.54, 1.807) is 13.3 Å². The van der Waals surface area contributed by atoms with Gasteiger partial charge in [0.2, 0.25) is 5.91 Å². The lowest BCUT2D eigenvalue weighted by atomic mass is 10.2. The number of aromatic nitrogens is 1. The zero-order chi connectivity index (χ0) is 13.7. The summed E-state index contributed by atoms with van der Waals surface area (Å²) < 4.78 is 5.10. The molecule has 1 aliphatic rings. The third kappa shape index (κ3) is 3.36. The van der Waals surface area contributed by atoms with E-state index in [0.717, 1.165) is 44.2 Å². The fourth-order valence-corrected chi connectivity index (χ4v) is 2.24. The van der Waals surface area contributed by atoms with Crippen molar-refractivity contribution in [3.05, 3.63) is 18.3 Å². The number of ether oxygens (including phenoxy) is 1. The van der Waals surface area contributed by atoms with Crippen molar-refractivity contribution in [3.8, 4) is 5.75 Å². The topological polar surface area (TPSA) is 45.7 Å². The zero-order valence-corrected chi connectivity index (χ0v) is 11.6. The summed E-state index contributed by atoms with van der Waals surface area (Å²) in [6.07, 6.45) is 3.30. The van der Waals surface area contributed by atoms with Crippen LogP contribution in [-0.4, -0.2) is 49.1 Å². The summed E-state index contributed by atoms with van der Waals surface area (Å²) in [7, 11) is 1.63. The van der Waals surface area contributed by atoms with Gasteiger partial charge >= 0.3 is 0 Å². The normalized spacial score (nSPS) is 15.5. The van der Waals surface area contributed by atoms with Crippen molar-refractivity contribution >= 4 is 11.7 Å². The van der Waals surface area contributed by atoms with Gasteiger partial charge in [0.25, 0.3) is 0 Å². The van der Waals surface area contributed by atoms with Crippen molar-refractivity contribution in [2.45, 2.75) is 19.8 Å². The highest BCUT2D eigenvalue weighted by Gasteiger charge is 2.21. The average Bonchev–Trinajstić information content (AvgIpc) is 2.48. The molecule has 5 heteroatoms. The van der Waals surface area contributed by atoms with E-state index in [0.29, 0.717) is 6.42 Å². The van der Waals surface area contributed by atoms with Crippen LogP contribution in [0.4, 0.5) is 5.82 Å². The molecule has 0 aliphatic carbocycles. The molecular weight excluding hydrogens is 242 g/mol. The van der Waals surface area contributed by atoms with Gasteiger partial charge in [-0.25, -0.2) is 4.98 Å². The molecule has 1 aliphatic heterocycles. The molecule has 0 unspecified atom stereocenters. The second-order valence-electron chi connectivity index (χ2n) is 4.67. The van der Waals surface area contributed by atoms with Crippen molar-refractivity contribution in [3.63, 3.8) is 0 Å². The van der Waals surface area contributed by atoms with Crippen molar-refractivity contribution in [1.82, 2.24) is 9.88 Å². The molecule has 2 heterocycles. The first-order valence-corrected chi connectivity index (χ1v) is 6.77. The second kappa shape index (κ2) is 6.41. The monoisotopic (exact) mass is 263 g/mol.